The summed E-state index contributed by atoms with van der Waals surface area (Å²) < 4.78 is 5.06. The maximum atomic E-state index is 5.06. The van der Waals surface area contributed by atoms with E-state index in [9.17, 15) is 0 Å². The number of methoxy groups -OCH3 is 1. The summed E-state index contributed by atoms with van der Waals surface area (Å²) in [5.74, 6) is 2.61. The summed E-state index contributed by atoms with van der Waals surface area (Å²) in [6.07, 6.45) is 7.12. The zero-order valence-electron chi connectivity index (χ0n) is 10.9. The first-order chi connectivity index (χ1) is 7.83. The molecule has 3 heteroatoms. The number of nitrogens with one attached hydrogen (secondary N) is 1. The Labute approximate surface area is 105 Å². The Morgan fingerprint density at radius 1 is 1.38 bits per heavy atom. The van der Waals surface area contributed by atoms with Crippen molar-refractivity contribution in [1.82, 2.24) is 5.32 Å². The van der Waals surface area contributed by atoms with E-state index in [1.165, 1.54) is 50.2 Å². The standard InChI is InChI=1S/C13H27NOS/c1-3-16-11-5-8-13(6-4-7-13)12-14-9-10-15-2/h14H,3-12H2,1-2H3. The molecule has 1 saturated carbocycles. The van der Waals surface area contributed by atoms with E-state index in [2.05, 4.69) is 24.0 Å². The minimum Gasteiger partial charge on any atom is -0.383 e. The van der Waals surface area contributed by atoms with Gasteiger partial charge in [0.25, 0.3) is 0 Å². The van der Waals surface area contributed by atoms with Crippen molar-refractivity contribution in [1.29, 1.82) is 0 Å². The first kappa shape index (κ1) is 14.3. The molecule has 1 N–H and O–H groups in total. The highest BCUT2D eigenvalue weighted by molar-refractivity contribution is 7.99. The lowest BCUT2D eigenvalue weighted by molar-refractivity contribution is 0.110. The molecule has 1 fully saturated rings. The SMILES string of the molecule is CCSCCCC1(CNCCOC)CCC1. The maximum absolute atomic E-state index is 5.06. The molecule has 0 spiro atoms. The van der Waals surface area contributed by atoms with Crippen LogP contribution >= 0.6 is 11.8 Å². The van der Waals surface area contributed by atoms with Crippen LogP contribution in [0.25, 0.3) is 0 Å². The molecule has 1 aliphatic carbocycles. The van der Waals surface area contributed by atoms with E-state index in [0.29, 0.717) is 5.41 Å². The number of thioether (sulfide) groups is 1. The second kappa shape index (κ2) is 8.37. The predicted molar refractivity (Wildman–Crippen MR) is 73.3 cm³/mol. The lowest BCUT2D eigenvalue weighted by atomic mass is 9.66. The summed E-state index contributed by atoms with van der Waals surface area (Å²) in [7, 11) is 1.77. The summed E-state index contributed by atoms with van der Waals surface area (Å²) in [5.41, 5.74) is 0.641. The fourth-order valence-corrected chi connectivity index (χ4v) is 3.05. The van der Waals surface area contributed by atoms with Crippen LogP contribution in [0.1, 0.15) is 39.0 Å². The Kier molecular flexibility index (Phi) is 7.50. The molecule has 16 heavy (non-hydrogen) atoms. The van der Waals surface area contributed by atoms with Gasteiger partial charge in [0.05, 0.1) is 6.61 Å². The van der Waals surface area contributed by atoms with Crippen molar-refractivity contribution in [2.24, 2.45) is 5.41 Å². The molecule has 0 aromatic rings. The zero-order chi connectivity index (χ0) is 11.7. The average molecular weight is 245 g/mol. The minimum atomic E-state index is 0.641. The van der Waals surface area contributed by atoms with Gasteiger partial charge in [-0.15, -0.1) is 0 Å². The van der Waals surface area contributed by atoms with Gasteiger partial charge in [-0.1, -0.05) is 13.3 Å². The second-order valence-corrected chi connectivity index (χ2v) is 6.22. The summed E-state index contributed by atoms with van der Waals surface area (Å²) in [6, 6.07) is 0. The third-order valence-electron chi connectivity index (χ3n) is 3.60. The summed E-state index contributed by atoms with van der Waals surface area (Å²) in [6.45, 7) is 5.28. The van der Waals surface area contributed by atoms with Crippen molar-refractivity contribution in [3.05, 3.63) is 0 Å². The Balaban J connectivity index is 2.07. The minimum absolute atomic E-state index is 0.641. The molecule has 0 heterocycles. The first-order valence-corrected chi connectivity index (χ1v) is 7.76. The fourth-order valence-electron chi connectivity index (χ4n) is 2.41. The molecular formula is C13H27NOS. The van der Waals surface area contributed by atoms with E-state index < -0.39 is 0 Å². The van der Waals surface area contributed by atoms with Crippen LogP contribution in [0.15, 0.2) is 0 Å². The number of ether oxygens (including phenoxy) is 1. The maximum Gasteiger partial charge on any atom is 0.0587 e. The monoisotopic (exact) mass is 245 g/mol. The van der Waals surface area contributed by atoms with Crippen LogP contribution in [0.3, 0.4) is 0 Å². The Hall–Kier alpha value is 0.270. The highest BCUT2D eigenvalue weighted by Gasteiger charge is 2.35. The van der Waals surface area contributed by atoms with E-state index in [4.69, 9.17) is 4.74 Å². The zero-order valence-corrected chi connectivity index (χ0v) is 11.7. The van der Waals surface area contributed by atoms with Crippen LogP contribution in [0, 0.1) is 5.41 Å². The molecule has 0 radical (unpaired) electrons. The van der Waals surface area contributed by atoms with Gasteiger partial charge in [0, 0.05) is 20.2 Å². The molecule has 0 saturated heterocycles. The van der Waals surface area contributed by atoms with E-state index in [1.807, 2.05) is 0 Å². The van der Waals surface area contributed by atoms with Gasteiger partial charge < -0.3 is 10.1 Å². The number of hydrogen-bond acceptors (Lipinski definition) is 3. The van der Waals surface area contributed by atoms with Crippen molar-refractivity contribution in [3.63, 3.8) is 0 Å². The first-order valence-electron chi connectivity index (χ1n) is 6.60. The molecule has 0 bridgehead atoms. The lowest BCUT2D eigenvalue weighted by Crippen LogP contribution is -2.41. The number of hydrogen-bond donors (Lipinski definition) is 1. The molecule has 0 unspecified atom stereocenters. The molecule has 1 rings (SSSR count). The Morgan fingerprint density at radius 2 is 2.19 bits per heavy atom. The summed E-state index contributed by atoms with van der Waals surface area (Å²) in [4.78, 5) is 0. The summed E-state index contributed by atoms with van der Waals surface area (Å²) in [5, 5.41) is 3.54. The van der Waals surface area contributed by atoms with E-state index in [0.717, 1.165) is 13.2 Å². The van der Waals surface area contributed by atoms with Crippen LogP contribution in [-0.2, 0) is 4.74 Å². The molecule has 0 aromatic carbocycles. The fraction of sp³-hybridized carbons (Fsp3) is 1.00. The van der Waals surface area contributed by atoms with Gasteiger partial charge in [-0.05, 0) is 42.6 Å². The van der Waals surface area contributed by atoms with Crippen molar-refractivity contribution in [3.8, 4) is 0 Å². The molecule has 2 nitrogen and oxygen atoms in total. The van der Waals surface area contributed by atoms with Crippen LogP contribution in [-0.4, -0.2) is 38.3 Å². The van der Waals surface area contributed by atoms with Crippen molar-refractivity contribution in [2.45, 2.75) is 39.0 Å². The van der Waals surface area contributed by atoms with Gasteiger partial charge in [0.1, 0.15) is 0 Å². The van der Waals surface area contributed by atoms with Gasteiger partial charge in [0.15, 0.2) is 0 Å². The van der Waals surface area contributed by atoms with Gasteiger partial charge >= 0.3 is 0 Å². The van der Waals surface area contributed by atoms with Crippen molar-refractivity contribution >= 4 is 11.8 Å². The van der Waals surface area contributed by atoms with E-state index in [1.54, 1.807) is 7.11 Å². The molecule has 96 valence electrons. The Bertz CT molecular complexity index is 157. The van der Waals surface area contributed by atoms with Crippen LogP contribution in [0.5, 0.6) is 0 Å². The molecule has 1 aliphatic rings. The predicted octanol–water partition coefficient (Wildman–Crippen LogP) is 2.93. The molecular weight excluding hydrogens is 218 g/mol. The van der Waals surface area contributed by atoms with Gasteiger partial charge in [-0.25, -0.2) is 0 Å². The van der Waals surface area contributed by atoms with Gasteiger partial charge in [0.2, 0.25) is 0 Å². The van der Waals surface area contributed by atoms with Crippen LogP contribution < -0.4 is 5.32 Å². The van der Waals surface area contributed by atoms with Crippen molar-refractivity contribution < 1.29 is 4.74 Å². The van der Waals surface area contributed by atoms with Gasteiger partial charge in [-0.2, -0.15) is 11.8 Å². The van der Waals surface area contributed by atoms with E-state index in [-0.39, 0.29) is 0 Å². The largest absolute Gasteiger partial charge is 0.383 e. The second-order valence-electron chi connectivity index (χ2n) is 4.82. The van der Waals surface area contributed by atoms with Crippen LogP contribution in [0.2, 0.25) is 0 Å². The third-order valence-corrected chi connectivity index (χ3v) is 4.58. The van der Waals surface area contributed by atoms with Crippen molar-refractivity contribution in [2.75, 3.05) is 38.3 Å². The highest BCUT2D eigenvalue weighted by atomic mass is 32.2. The molecule has 0 amide bonds. The van der Waals surface area contributed by atoms with Crippen LogP contribution in [0.4, 0.5) is 0 Å². The summed E-state index contributed by atoms with van der Waals surface area (Å²) >= 11 is 2.07. The lowest BCUT2D eigenvalue weighted by Gasteiger charge is -2.42. The molecule has 0 aliphatic heterocycles. The topological polar surface area (TPSA) is 21.3 Å². The molecule has 0 aromatic heterocycles. The average Bonchev–Trinajstić information content (AvgIpc) is 2.25. The smallest absolute Gasteiger partial charge is 0.0587 e. The number of rotatable bonds is 10. The normalized spacial score (nSPS) is 18.4. The highest BCUT2D eigenvalue weighted by Crippen LogP contribution is 2.44. The molecule has 0 atom stereocenters. The quantitative estimate of drug-likeness (QED) is 0.598. The van der Waals surface area contributed by atoms with E-state index >= 15 is 0 Å². The Morgan fingerprint density at radius 3 is 2.75 bits per heavy atom. The third kappa shape index (κ3) is 5.07. The van der Waals surface area contributed by atoms with Gasteiger partial charge in [-0.3, -0.25) is 0 Å².